The fourth-order valence-electron chi connectivity index (χ4n) is 2.45. The van der Waals surface area contributed by atoms with Crippen molar-refractivity contribution in [3.05, 3.63) is 18.2 Å². The third-order valence-corrected chi connectivity index (χ3v) is 3.24. The summed E-state index contributed by atoms with van der Waals surface area (Å²) in [6.45, 7) is 0. The van der Waals surface area contributed by atoms with E-state index in [9.17, 15) is 0 Å². The molecule has 0 amide bonds. The summed E-state index contributed by atoms with van der Waals surface area (Å²) >= 11 is 0. The molecule has 14 heavy (non-hydrogen) atoms. The van der Waals surface area contributed by atoms with E-state index in [0.29, 0.717) is 12.0 Å². The predicted octanol–water partition coefficient (Wildman–Crippen LogP) is 1.67. The van der Waals surface area contributed by atoms with E-state index < -0.39 is 0 Å². The Labute approximate surface area is 85.5 Å². The largest absolute Gasteiger partial charge is 0.340 e. The van der Waals surface area contributed by atoms with E-state index in [1.165, 1.54) is 31.4 Å². The monoisotopic (exact) mass is 193 g/mol. The van der Waals surface area contributed by atoms with Crippen LogP contribution in [0, 0.1) is 0 Å². The molecule has 2 rings (SSSR count). The van der Waals surface area contributed by atoms with Crippen LogP contribution in [-0.2, 0) is 7.05 Å². The second-order valence-corrected chi connectivity index (χ2v) is 4.25. The molecule has 0 aliphatic heterocycles. The van der Waals surface area contributed by atoms with Crippen molar-refractivity contribution in [3.63, 3.8) is 0 Å². The summed E-state index contributed by atoms with van der Waals surface area (Å²) in [5.41, 5.74) is 1.26. The average molecular weight is 193 g/mol. The predicted molar refractivity (Wildman–Crippen MR) is 57.3 cm³/mol. The number of rotatable bonds is 2. The molecular weight excluding hydrogens is 174 g/mol. The zero-order valence-corrected chi connectivity index (χ0v) is 9.03. The normalized spacial score (nSPS) is 27.9. The van der Waals surface area contributed by atoms with Gasteiger partial charge in [-0.25, -0.2) is 4.98 Å². The molecule has 0 bridgehead atoms. The van der Waals surface area contributed by atoms with Gasteiger partial charge in [-0.05, 0) is 19.9 Å². The van der Waals surface area contributed by atoms with Crippen molar-refractivity contribution < 1.29 is 0 Å². The van der Waals surface area contributed by atoms with Gasteiger partial charge < -0.3 is 9.88 Å². The van der Waals surface area contributed by atoms with Gasteiger partial charge in [-0.3, -0.25) is 0 Å². The summed E-state index contributed by atoms with van der Waals surface area (Å²) in [4.78, 5) is 4.46. The van der Waals surface area contributed by atoms with Crippen molar-refractivity contribution in [2.75, 3.05) is 7.05 Å². The topological polar surface area (TPSA) is 29.9 Å². The van der Waals surface area contributed by atoms with E-state index >= 15 is 0 Å². The Hall–Kier alpha value is -0.830. The van der Waals surface area contributed by atoms with E-state index in [2.05, 4.69) is 23.5 Å². The lowest BCUT2D eigenvalue weighted by molar-refractivity contribution is 0.340. The van der Waals surface area contributed by atoms with Gasteiger partial charge in [0.25, 0.3) is 0 Å². The second-order valence-electron chi connectivity index (χ2n) is 4.25. The summed E-state index contributed by atoms with van der Waals surface area (Å²) in [7, 11) is 4.10. The minimum absolute atomic E-state index is 0.620. The number of aryl methyl sites for hydroxylation is 1. The summed E-state index contributed by atoms with van der Waals surface area (Å²) in [5.74, 6) is 0.620. The number of nitrogens with zero attached hydrogens (tertiary/aromatic N) is 2. The van der Waals surface area contributed by atoms with E-state index in [0.717, 1.165) is 0 Å². The number of nitrogens with one attached hydrogen (secondary N) is 1. The maximum atomic E-state index is 4.46. The van der Waals surface area contributed by atoms with Crippen molar-refractivity contribution in [2.24, 2.45) is 7.05 Å². The Kier molecular flexibility index (Phi) is 2.87. The Morgan fingerprint density at radius 2 is 2.21 bits per heavy atom. The van der Waals surface area contributed by atoms with Gasteiger partial charge in [0.1, 0.15) is 0 Å². The Morgan fingerprint density at radius 1 is 1.43 bits per heavy atom. The average Bonchev–Trinajstić information content (AvgIpc) is 2.65. The molecule has 1 fully saturated rings. The molecule has 78 valence electrons. The molecule has 3 nitrogen and oxygen atoms in total. The van der Waals surface area contributed by atoms with Gasteiger partial charge in [0.15, 0.2) is 0 Å². The minimum Gasteiger partial charge on any atom is -0.340 e. The van der Waals surface area contributed by atoms with Crippen LogP contribution < -0.4 is 5.32 Å². The number of likely N-dealkylation sites (N-methyl/N-ethyl adjacent to an activating group) is 1. The summed E-state index contributed by atoms with van der Waals surface area (Å²) in [6.07, 6.45) is 9.32. The van der Waals surface area contributed by atoms with E-state index in [1.54, 1.807) is 0 Å². The highest BCUT2D eigenvalue weighted by Crippen LogP contribution is 2.31. The molecule has 0 spiro atoms. The molecule has 1 aromatic heterocycles. The van der Waals surface area contributed by atoms with Crippen LogP contribution in [0.3, 0.4) is 0 Å². The molecule has 2 atom stereocenters. The van der Waals surface area contributed by atoms with Crippen molar-refractivity contribution in [1.82, 2.24) is 14.9 Å². The second kappa shape index (κ2) is 4.13. The van der Waals surface area contributed by atoms with E-state index in [-0.39, 0.29) is 0 Å². The van der Waals surface area contributed by atoms with Gasteiger partial charge >= 0.3 is 0 Å². The van der Waals surface area contributed by atoms with Crippen LogP contribution in [-0.4, -0.2) is 22.6 Å². The molecule has 0 aromatic carbocycles. The first-order valence-electron chi connectivity index (χ1n) is 5.46. The van der Waals surface area contributed by atoms with Gasteiger partial charge in [0.05, 0.1) is 12.0 Å². The Bertz CT molecular complexity index is 292. The standard InChI is InChI=1S/C11H19N3/c1-12-10-6-4-3-5-9(10)11-7-14(2)8-13-11/h7-10,12H,3-6H2,1-2H3. The fraction of sp³-hybridized carbons (Fsp3) is 0.727. The molecule has 0 radical (unpaired) electrons. The lowest BCUT2D eigenvalue weighted by Gasteiger charge is -2.30. The van der Waals surface area contributed by atoms with Gasteiger partial charge in [-0.15, -0.1) is 0 Å². The van der Waals surface area contributed by atoms with Crippen LogP contribution in [0.25, 0.3) is 0 Å². The first kappa shape index (κ1) is 9.71. The molecule has 1 N–H and O–H groups in total. The number of hydrogen-bond acceptors (Lipinski definition) is 2. The lowest BCUT2D eigenvalue weighted by atomic mass is 9.83. The zero-order chi connectivity index (χ0) is 9.97. The van der Waals surface area contributed by atoms with Crippen molar-refractivity contribution in [1.29, 1.82) is 0 Å². The van der Waals surface area contributed by atoms with Crippen LogP contribution in [0.15, 0.2) is 12.5 Å². The number of aromatic nitrogens is 2. The maximum Gasteiger partial charge on any atom is 0.0946 e. The molecule has 1 aliphatic rings. The van der Waals surface area contributed by atoms with Crippen LogP contribution in [0.4, 0.5) is 0 Å². The molecule has 1 heterocycles. The first-order valence-corrected chi connectivity index (χ1v) is 5.46. The molecule has 3 heteroatoms. The number of hydrogen-bond donors (Lipinski definition) is 1. The highest BCUT2D eigenvalue weighted by atomic mass is 15.0. The van der Waals surface area contributed by atoms with Crippen LogP contribution in [0.2, 0.25) is 0 Å². The van der Waals surface area contributed by atoms with Gasteiger partial charge in [0, 0.05) is 25.2 Å². The Morgan fingerprint density at radius 3 is 2.86 bits per heavy atom. The SMILES string of the molecule is CNC1CCCCC1c1cn(C)cn1. The van der Waals surface area contributed by atoms with Gasteiger partial charge in [0.2, 0.25) is 0 Å². The van der Waals surface area contributed by atoms with Crippen molar-refractivity contribution in [3.8, 4) is 0 Å². The minimum atomic E-state index is 0.620. The third kappa shape index (κ3) is 1.82. The smallest absolute Gasteiger partial charge is 0.0946 e. The van der Waals surface area contributed by atoms with Crippen LogP contribution in [0.5, 0.6) is 0 Å². The molecule has 1 saturated carbocycles. The van der Waals surface area contributed by atoms with Crippen molar-refractivity contribution in [2.45, 2.75) is 37.6 Å². The lowest BCUT2D eigenvalue weighted by Crippen LogP contribution is -2.34. The highest BCUT2D eigenvalue weighted by molar-refractivity contribution is 5.09. The molecule has 0 saturated heterocycles. The van der Waals surface area contributed by atoms with E-state index in [1.807, 2.05) is 17.9 Å². The molecule has 1 aromatic rings. The summed E-state index contributed by atoms with van der Waals surface area (Å²) in [6, 6.07) is 0.624. The molecule has 1 aliphatic carbocycles. The maximum absolute atomic E-state index is 4.46. The van der Waals surface area contributed by atoms with Crippen LogP contribution >= 0.6 is 0 Å². The van der Waals surface area contributed by atoms with E-state index in [4.69, 9.17) is 0 Å². The van der Waals surface area contributed by atoms with Gasteiger partial charge in [-0.1, -0.05) is 12.8 Å². The van der Waals surface area contributed by atoms with Gasteiger partial charge in [-0.2, -0.15) is 0 Å². The quantitative estimate of drug-likeness (QED) is 0.774. The fourth-order valence-corrected chi connectivity index (χ4v) is 2.45. The molecule has 2 unspecified atom stereocenters. The number of imidazole rings is 1. The summed E-state index contributed by atoms with van der Waals surface area (Å²) < 4.78 is 2.04. The van der Waals surface area contributed by atoms with Crippen LogP contribution in [0.1, 0.15) is 37.3 Å². The third-order valence-electron chi connectivity index (χ3n) is 3.24. The zero-order valence-electron chi connectivity index (χ0n) is 9.03. The first-order chi connectivity index (χ1) is 6.81. The highest BCUT2D eigenvalue weighted by Gasteiger charge is 2.26. The Balaban J connectivity index is 2.14. The summed E-state index contributed by atoms with van der Waals surface area (Å²) in [5, 5.41) is 3.41. The molecular formula is C11H19N3. The van der Waals surface area contributed by atoms with Crippen molar-refractivity contribution >= 4 is 0 Å².